The Labute approximate surface area is 94.8 Å². The number of carboxylic acid groups (broad SMARTS) is 1. The molecule has 0 unspecified atom stereocenters. The summed E-state index contributed by atoms with van der Waals surface area (Å²) in [7, 11) is -3.46. The fourth-order valence-corrected chi connectivity index (χ4v) is 1.85. The summed E-state index contributed by atoms with van der Waals surface area (Å²) in [5.41, 5.74) is -0.190. The van der Waals surface area contributed by atoms with Crippen LogP contribution in [0.15, 0.2) is 29.2 Å². The van der Waals surface area contributed by atoms with Gasteiger partial charge >= 0.3 is 5.97 Å². The van der Waals surface area contributed by atoms with Gasteiger partial charge in [-0.05, 0) is 12.1 Å². The van der Waals surface area contributed by atoms with Crippen molar-refractivity contribution in [1.29, 1.82) is 0 Å². The van der Waals surface area contributed by atoms with E-state index in [1.54, 1.807) is 0 Å². The van der Waals surface area contributed by atoms with E-state index in [0.29, 0.717) is 0 Å². The molecule has 0 spiro atoms. The number of rotatable bonds is 2. The second kappa shape index (κ2) is 5.12. The van der Waals surface area contributed by atoms with Crippen LogP contribution in [0.3, 0.4) is 0 Å². The molecule has 88 valence electrons. The van der Waals surface area contributed by atoms with Crippen molar-refractivity contribution < 1.29 is 18.3 Å². The molecule has 1 aliphatic rings. The Kier molecular flexibility index (Phi) is 4.06. The van der Waals surface area contributed by atoms with E-state index >= 15 is 0 Å². The van der Waals surface area contributed by atoms with Gasteiger partial charge in [-0.2, -0.15) is 0 Å². The second-order valence-electron chi connectivity index (χ2n) is 3.63. The Hall–Kier alpha value is -1.36. The van der Waals surface area contributed by atoms with Gasteiger partial charge in [0.2, 0.25) is 0 Å². The third-order valence-electron chi connectivity index (χ3n) is 1.87. The lowest BCUT2D eigenvalue weighted by atomic mass is 10.2. The molecule has 1 aromatic rings. The monoisotopic (exact) mass is 242 g/mol. The smallest absolute Gasteiger partial charge is 0.337 e. The van der Waals surface area contributed by atoms with E-state index in [-0.39, 0.29) is 10.5 Å². The van der Waals surface area contributed by atoms with Crippen molar-refractivity contribution in [2.24, 2.45) is 0 Å². The topological polar surface area (TPSA) is 71.4 Å². The number of aromatic carboxylic acids is 1. The van der Waals surface area contributed by atoms with Crippen LogP contribution >= 0.6 is 0 Å². The lowest BCUT2D eigenvalue weighted by Gasteiger charge is -2.01. The van der Waals surface area contributed by atoms with Crippen molar-refractivity contribution in [2.45, 2.75) is 24.2 Å². The van der Waals surface area contributed by atoms with Crippen LogP contribution in [0.5, 0.6) is 0 Å². The summed E-state index contributed by atoms with van der Waals surface area (Å²) < 4.78 is 22.2. The predicted molar refractivity (Wildman–Crippen MR) is 60.4 cm³/mol. The molecule has 1 aliphatic carbocycles. The first kappa shape index (κ1) is 12.7. The molecule has 0 radical (unpaired) electrons. The van der Waals surface area contributed by atoms with Gasteiger partial charge in [0.05, 0.1) is 10.5 Å². The van der Waals surface area contributed by atoms with E-state index in [2.05, 4.69) is 0 Å². The van der Waals surface area contributed by atoms with Crippen LogP contribution in [0.25, 0.3) is 0 Å². The number of carbonyl (C=O) groups is 1. The van der Waals surface area contributed by atoms with Gasteiger partial charge in [0.25, 0.3) is 0 Å². The zero-order valence-corrected chi connectivity index (χ0v) is 9.83. The van der Waals surface area contributed by atoms with Crippen LogP contribution in [0, 0.1) is 0 Å². The molecule has 0 heterocycles. The summed E-state index contributed by atoms with van der Waals surface area (Å²) in [6, 6.07) is 5.51. The van der Waals surface area contributed by atoms with Gasteiger partial charge in [0.15, 0.2) is 9.84 Å². The van der Waals surface area contributed by atoms with Crippen molar-refractivity contribution in [1.82, 2.24) is 0 Å². The van der Waals surface area contributed by atoms with E-state index in [1.165, 1.54) is 43.5 Å². The number of benzene rings is 1. The zero-order valence-electron chi connectivity index (χ0n) is 9.01. The van der Waals surface area contributed by atoms with Gasteiger partial charge in [-0.15, -0.1) is 0 Å². The van der Waals surface area contributed by atoms with E-state index in [4.69, 9.17) is 5.11 Å². The minimum atomic E-state index is -3.46. The van der Waals surface area contributed by atoms with Gasteiger partial charge in [-0.1, -0.05) is 31.4 Å². The Morgan fingerprint density at radius 1 is 1.19 bits per heavy atom. The Morgan fingerprint density at radius 3 is 2.00 bits per heavy atom. The molecule has 0 atom stereocenters. The average molecular weight is 242 g/mol. The third-order valence-corrected chi connectivity index (χ3v) is 3.03. The molecule has 0 aliphatic heterocycles. The minimum Gasteiger partial charge on any atom is -0.478 e. The van der Waals surface area contributed by atoms with Crippen LogP contribution in [-0.2, 0) is 9.84 Å². The molecule has 5 heteroatoms. The van der Waals surface area contributed by atoms with Crippen LogP contribution < -0.4 is 0 Å². The summed E-state index contributed by atoms with van der Waals surface area (Å²) in [4.78, 5) is 10.5. The average Bonchev–Trinajstić information content (AvgIpc) is 3.03. The van der Waals surface area contributed by atoms with Gasteiger partial charge < -0.3 is 5.11 Å². The number of hydrogen-bond donors (Lipinski definition) is 1. The number of carboxylic acids is 1. The molecule has 4 nitrogen and oxygen atoms in total. The van der Waals surface area contributed by atoms with Crippen LogP contribution in [-0.4, -0.2) is 25.7 Å². The molecule has 1 N–H and O–H groups in total. The highest BCUT2D eigenvalue weighted by atomic mass is 32.2. The molecule has 16 heavy (non-hydrogen) atoms. The summed E-state index contributed by atoms with van der Waals surface area (Å²) >= 11 is 0. The van der Waals surface area contributed by atoms with Crippen LogP contribution in [0.4, 0.5) is 0 Å². The van der Waals surface area contributed by atoms with E-state index in [0.717, 1.165) is 6.26 Å². The summed E-state index contributed by atoms with van der Waals surface area (Å²) in [5.74, 6) is -1.24. The van der Waals surface area contributed by atoms with Crippen LogP contribution in [0.1, 0.15) is 29.6 Å². The quantitative estimate of drug-likeness (QED) is 0.860. The largest absolute Gasteiger partial charge is 0.478 e. The molecule has 2 rings (SSSR count). The van der Waals surface area contributed by atoms with Crippen molar-refractivity contribution in [2.75, 3.05) is 6.26 Å². The molecule has 1 fully saturated rings. The maximum atomic E-state index is 11.1. The number of hydrogen-bond acceptors (Lipinski definition) is 3. The summed E-state index contributed by atoms with van der Waals surface area (Å²) in [6.45, 7) is 0. The highest BCUT2D eigenvalue weighted by Gasteiger charge is 2.16. The Morgan fingerprint density at radius 2 is 1.69 bits per heavy atom. The van der Waals surface area contributed by atoms with Crippen molar-refractivity contribution in [3.8, 4) is 0 Å². The first-order valence-corrected chi connectivity index (χ1v) is 6.84. The molecular weight excluding hydrogens is 228 g/mol. The Bertz CT molecular complexity index is 472. The maximum absolute atomic E-state index is 11.1. The van der Waals surface area contributed by atoms with Crippen LogP contribution in [0.2, 0.25) is 0 Å². The fraction of sp³-hybridized carbons (Fsp3) is 0.364. The highest BCUT2D eigenvalue weighted by Crippen LogP contribution is 2.15. The molecule has 0 bridgehead atoms. The SMILES string of the molecule is C1CC1.CS(=O)(=O)c1ccccc1C(=O)O. The fourth-order valence-electron chi connectivity index (χ4n) is 0.967. The molecule has 1 aromatic carbocycles. The predicted octanol–water partition coefficient (Wildman–Crippen LogP) is 1.96. The molecular formula is C11H14O4S. The normalized spacial score (nSPS) is 13.6. The lowest BCUT2D eigenvalue weighted by Crippen LogP contribution is -2.06. The van der Waals surface area contributed by atoms with Gasteiger partial charge in [0, 0.05) is 6.26 Å². The standard InChI is InChI=1S/C8H8O4S.C3H6/c1-13(11,12)7-5-3-2-4-6(7)8(9)10;1-2-3-1/h2-5H,1H3,(H,9,10);1-3H2. The van der Waals surface area contributed by atoms with Crippen molar-refractivity contribution in [3.05, 3.63) is 29.8 Å². The molecule has 0 aromatic heterocycles. The van der Waals surface area contributed by atoms with Crippen molar-refractivity contribution >= 4 is 15.8 Å². The zero-order chi connectivity index (χ0) is 12.2. The van der Waals surface area contributed by atoms with E-state index in [9.17, 15) is 13.2 Å². The number of sulfone groups is 1. The molecule has 0 saturated heterocycles. The summed E-state index contributed by atoms with van der Waals surface area (Å²) in [6.07, 6.45) is 5.48. The second-order valence-corrected chi connectivity index (χ2v) is 5.62. The van der Waals surface area contributed by atoms with Crippen molar-refractivity contribution in [3.63, 3.8) is 0 Å². The van der Waals surface area contributed by atoms with Gasteiger partial charge in [0.1, 0.15) is 0 Å². The molecule has 1 saturated carbocycles. The van der Waals surface area contributed by atoms with Gasteiger partial charge in [-0.25, -0.2) is 13.2 Å². The Balaban J connectivity index is 0.000000365. The summed E-state index contributed by atoms with van der Waals surface area (Å²) in [5, 5.41) is 8.66. The van der Waals surface area contributed by atoms with E-state index in [1.807, 2.05) is 0 Å². The first-order chi connectivity index (χ1) is 7.43. The minimum absolute atomic E-state index is 0.150. The van der Waals surface area contributed by atoms with E-state index < -0.39 is 15.8 Å². The lowest BCUT2D eigenvalue weighted by molar-refractivity contribution is 0.0692. The molecule has 0 amide bonds. The maximum Gasteiger partial charge on any atom is 0.337 e. The third kappa shape index (κ3) is 4.02. The highest BCUT2D eigenvalue weighted by molar-refractivity contribution is 7.90. The van der Waals surface area contributed by atoms with Gasteiger partial charge in [-0.3, -0.25) is 0 Å². The first-order valence-electron chi connectivity index (χ1n) is 4.95.